The number of likely N-dealkylation sites (tertiary alicyclic amines) is 1. The van der Waals surface area contributed by atoms with Gasteiger partial charge in [-0.05, 0) is 62.5 Å². The van der Waals surface area contributed by atoms with Crippen molar-refractivity contribution in [2.75, 3.05) is 19.7 Å². The highest BCUT2D eigenvalue weighted by Crippen LogP contribution is 2.36. The largest absolute Gasteiger partial charge is 0.376 e. The number of carbonyl (C=O) groups excluding carboxylic acids is 1. The van der Waals surface area contributed by atoms with E-state index >= 15 is 0 Å². The van der Waals surface area contributed by atoms with Gasteiger partial charge in [-0.15, -0.1) is 0 Å². The van der Waals surface area contributed by atoms with E-state index in [0.717, 1.165) is 50.6 Å². The van der Waals surface area contributed by atoms with Gasteiger partial charge in [-0.1, -0.05) is 33.5 Å². The molecule has 0 aromatic heterocycles. The number of halogens is 1. The van der Waals surface area contributed by atoms with Gasteiger partial charge in [0, 0.05) is 19.1 Å². The first-order chi connectivity index (χ1) is 14.0. The van der Waals surface area contributed by atoms with Crippen LogP contribution in [0.4, 0.5) is 9.18 Å². The second-order valence-electron chi connectivity index (χ2n) is 8.28. The van der Waals surface area contributed by atoms with Crippen molar-refractivity contribution in [2.45, 2.75) is 75.5 Å². The monoisotopic (exact) mass is 423 g/mol. The lowest BCUT2D eigenvalue weighted by Crippen LogP contribution is -2.58. The topological polar surface area (TPSA) is 67.6 Å². The maximum atomic E-state index is 13.6. The molecule has 0 spiro atoms. The van der Waals surface area contributed by atoms with E-state index in [4.69, 9.17) is 10.5 Å². The lowest BCUT2D eigenvalue weighted by molar-refractivity contribution is -0.0158. The molecule has 1 heterocycles. The van der Waals surface area contributed by atoms with Crippen LogP contribution in [0, 0.1) is 0 Å². The Hall–Kier alpha value is -1.23. The van der Waals surface area contributed by atoms with E-state index in [1.807, 2.05) is 30.0 Å². The molecule has 7 heteroatoms. The van der Waals surface area contributed by atoms with E-state index in [9.17, 15) is 9.18 Å². The molecule has 162 valence electrons. The van der Waals surface area contributed by atoms with Crippen molar-refractivity contribution in [3.63, 3.8) is 0 Å². The summed E-state index contributed by atoms with van der Waals surface area (Å²) in [6, 6.07) is 7.75. The average Bonchev–Trinajstić information content (AvgIpc) is 2.73. The Bertz CT molecular complexity index is 667. The summed E-state index contributed by atoms with van der Waals surface area (Å²) in [5.41, 5.74) is 8.27. The Labute approximate surface area is 176 Å². The normalized spacial score (nSPS) is 28.8. The van der Waals surface area contributed by atoms with Gasteiger partial charge in [0.05, 0.1) is 18.8 Å². The number of hydrogen-bond acceptors (Lipinski definition) is 3. The van der Waals surface area contributed by atoms with Crippen LogP contribution in [0.25, 0.3) is 0 Å². The molecule has 0 bridgehead atoms. The van der Waals surface area contributed by atoms with Gasteiger partial charge >= 0.3 is 6.03 Å². The molecule has 3 unspecified atom stereocenters. The number of rotatable bonds is 6. The molecule has 2 aliphatic rings. The number of benzene rings is 1. The van der Waals surface area contributed by atoms with Crippen molar-refractivity contribution < 1.29 is 13.9 Å². The molecule has 2 amide bonds. The van der Waals surface area contributed by atoms with Gasteiger partial charge in [-0.25, -0.2) is 9.18 Å². The average molecular weight is 424 g/mol. The standard InChI is InChI=1S/C22H35FN3O2P/c1-2-25-22(27)26-12-4-7-19(24)20(26)14-28-18-10-8-15(9-11-18)16-5-3-6-17(13-16)21(23)29/h3,5-6,13,15,18-21H,2,4,7-12,14,24,29H2,1H3,(H,25,27)/t15?,18?,19?,20-,21?/m0/s1. The van der Waals surface area contributed by atoms with Crippen molar-refractivity contribution in [3.8, 4) is 0 Å². The van der Waals surface area contributed by atoms with Gasteiger partial charge in [-0.2, -0.15) is 0 Å². The summed E-state index contributed by atoms with van der Waals surface area (Å²) in [4.78, 5) is 14.2. The van der Waals surface area contributed by atoms with Crippen molar-refractivity contribution in [1.82, 2.24) is 10.2 Å². The minimum Gasteiger partial charge on any atom is -0.376 e. The van der Waals surface area contributed by atoms with Crippen LogP contribution >= 0.6 is 9.24 Å². The van der Waals surface area contributed by atoms with Gasteiger partial charge in [-0.3, -0.25) is 0 Å². The number of nitrogens with zero attached hydrogens (tertiary/aromatic N) is 1. The zero-order valence-corrected chi connectivity index (χ0v) is 18.5. The first-order valence-corrected chi connectivity index (χ1v) is 11.6. The fourth-order valence-electron chi connectivity index (χ4n) is 4.59. The molecule has 5 nitrogen and oxygen atoms in total. The molecule has 2 fully saturated rings. The zero-order chi connectivity index (χ0) is 20.8. The highest BCUT2D eigenvalue weighted by molar-refractivity contribution is 7.16. The van der Waals surface area contributed by atoms with Crippen LogP contribution < -0.4 is 11.1 Å². The molecule has 1 aliphatic carbocycles. The number of carbonyl (C=O) groups is 1. The van der Waals surface area contributed by atoms with Crippen molar-refractivity contribution in [3.05, 3.63) is 35.4 Å². The second kappa shape index (κ2) is 10.7. The molecule has 4 atom stereocenters. The van der Waals surface area contributed by atoms with Crippen LogP contribution in [0.15, 0.2) is 24.3 Å². The summed E-state index contributed by atoms with van der Waals surface area (Å²) in [6.45, 7) is 3.78. The second-order valence-corrected chi connectivity index (χ2v) is 8.87. The number of alkyl halides is 1. The van der Waals surface area contributed by atoms with Gasteiger partial charge in [0.1, 0.15) is 5.91 Å². The predicted molar refractivity (Wildman–Crippen MR) is 118 cm³/mol. The number of amides is 2. The first kappa shape index (κ1) is 22.5. The van der Waals surface area contributed by atoms with Gasteiger partial charge in [0.2, 0.25) is 0 Å². The Balaban J connectivity index is 1.51. The maximum absolute atomic E-state index is 13.6. The molecule has 1 aromatic carbocycles. The molecule has 0 radical (unpaired) electrons. The smallest absolute Gasteiger partial charge is 0.317 e. The molecular weight excluding hydrogens is 388 g/mol. The summed E-state index contributed by atoms with van der Waals surface area (Å²) >= 11 is 0. The number of piperidine rings is 1. The van der Waals surface area contributed by atoms with E-state index < -0.39 is 5.91 Å². The Morgan fingerprint density at radius 1 is 1.34 bits per heavy atom. The minimum absolute atomic E-state index is 0.0361. The number of nitrogens with one attached hydrogen (secondary N) is 1. The number of hydrogen-bond donors (Lipinski definition) is 2. The first-order valence-electron chi connectivity index (χ1n) is 10.9. The molecule has 3 rings (SSSR count). The third-order valence-corrected chi connectivity index (χ3v) is 6.68. The van der Waals surface area contributed by atoms with Crippen LogP contribution in [-0.4, -0.2) is 48.8 Å². The fourth-order valence-corrected chi connectivity index (χ4v) is 4.79. The van der Waals surface area contributed by atoms with Gasteiger partial charge < -0.3 is 20.7 Å². The fraction of sp³-hybridized carbons (Fsp3) is 0.682. The molecule has 1 aliphatic heterocycles. The SMILES string of the molecule is CCNC(=O)N1CCCC(N)[C@@H]1COC1CCC(c2cccc(C(F)P)c2)CC1. The van der Waals surface area contributed by atoms with Crippen LogP contribution in [0.1, 0.15) is 68.4 Å². The molecule has 1 aromatic rings. The summed E-state index contributed by atoms with van der Waals surface area (Å²) in [6.07, 6.45) is 6.12. The highest BCUT2D eigenvalue weighted by atomic mass is 31.0. The number of nitrogens with two attached hydrogens (primary N) is 1. The number of urea groups is 1. The molecular formula is C22H35FN3O2P. The Morgan fingerprint density at radius 3 is 2.79 bits per heavy atom. The van der Waals surface area contributed by atoms with Crippen molar-refractivity contribution >= 4 is 15.3 Å². The minimum atomic E-state index is -1.01. The van der Waals surface area contributed by atoms with Crippen LogP contribution in [-0.2, 0) is 4.74 Å². The van der Waals surface area contributed by atoms with Crippen LogP contribution in [0.2, 0.25) is 0 Å². The summed E-state index contributed by atoms with van der Waals surface area (Å²) in [5.74, 6) is -0.551. The lowest BCUT2D eigenvalue weighted by Gasteiger charge is -2.40. The van der Waals surface area contributed by atoms with E-state index in [2.05, 4.69) is 20.6 Å². The van der Waals surface area contributed by atoms with Crippen LogP contribution in [0.5, 0.6) is 0 Å². The van der Waals surface area contributed by atoms with Gasteiger partial charge in [0.15, 0.2) is 0 Å². The molecule has 29 heavy (non-hydrogen) atoms. The zero-order valence-electron chi connectivity index (χ0n) is 17.4. The highest BCUT2D eigenvalue weighted by Gasteiger charge is 2.33. The summed E-state index contributed by atoms with van der Waals surface area (Å²) in [5, 5.41) is 2.89. The van der Waals surface area contributed by atoms with E-state index in [1.54, 1.807) is 0 Å². The van der Waals surface area contributed by atoms with E-state index in [1.165, 1.54) is 5.56 Å². The molecule has 1 saturated heterocycles. The molecule has 1 saturated carbocycles. The quantitative estimate of drug-likeness (QED) is 0.677. The third kappa shape index (κ3) is 5.90. The lowest BCUT2D eigenvalue weighted by atomic mass is 9.82. The van der Waals surface area contributed by atoms with E-state index in [0.29, 0.717) is 19.1 Å². The van der Waals surface area contributed by atoms with Crippen molar-refractivity contribution in [1.29, 1.82) is 0 Å². The van der Waals surface area contributed by atoms with Crippen LogP contribution in [0.3, 0.4) is 0 Å². The maximum Gasteiger partial charge on any atom is 0.317 e. The Morgan fingerprint density at radius 2 is 2.10 bits per heavy atom. The third-order valence-electron chi connectivity index (χ3n) is 6.30. The summed E-state index contributed by atoms with van der Waals surface area (Å²) in [7, 11) is 2.22. The Kier molecular flexibility index (Phi) is 8.28. The van der Waals surface area contributed by atoms with Crippen molar-refractivity contribution in [2.24, 2.45) is 5.73 Å². The van der Waals surface area contributed by atoms with E-state index in [-0.39, 0.29) is 24.2 Å². The number of ether oxygens (including phenoxy) is 1. The van der Waals surface area contributed by atoms with Gasteiger partial charge in [0.25, 0.3) is 0 Å². The molecule has 3 N–H and O–H groups in total. The predicted octanol–water partition coefficient (Wildman–Crippen LogP) is 4.09. The summed E-state index contributed by atoms with van der Waals surface area (Å²) < 4.78 is 19.8.